The summed E-state index contributed by atoms with van der Waals surface area (Å²) < 4.78 is 2.01. The summed E-state index contributed by atoms with van der Waals surface area (Å²) in [5.74, 6) is 0.917. The van der Waals surface area contributed by atoms with Gasteiger partial charge in [0.2, 0.25) is 5.91 Å². The maximum atomic E-state index is 12.9. The molecule has 1 saturated heterocycles. The normalized spacial score (nSPS) is 24.0. The molecule has 2 aromatic heterocycles. The third kappa shape index (κ3) is 3.30. The molecule has 2 fully saturated rings. The van der Waals surface area contributed by atoms with Gasteiger partial charge < -0.3 is 14.4 Å². The Morgan fingerprint density at radius 3 is 3.04 bits per heavy atom. The molecule has 1 aliphatic heterocycles. The molecule has 3 heterocycles. The zero-order valence-corrected chi connectivity index (χ0v) is 14.9. The highest BCUT2D eigenvalue weighted by atomic mass is 16.3. The van der Waals surface area contributed by atoms with Crippen LogP contribution in [0.3, 0.4) is 0 Å². The third-order valence-electron chi connectivity index (χ3n) is 5.91. The van der Waals surface area contributed by atoms with Gasteiger partial charge in [0.05, 0.1) is 18.7 Å². The van der Waals surface area contributed by atoms with Crippen LogP contribution in [0.4, 0.5) is 0 Å². The average molecular weight is 341 g/mol. The first kappa shape index (κ1) is 16.6. The molecule has 1 aliphatic carbocycles. The van der Waals surface area contributed by atoms with Crippen LogP contribution in [0.15, 0.2) is 24.5 Å². The number of aliphatic hydroxyl groups is 1. The van der Waals surface area contributed by atoms with Crippen LogP contribution in [-0.2, 0) is 11.2 Å². The highest BCUT2D eigenvalue weighted by Gasteiger charge is 2.40. The molecule has 2 aromatic rings. The van der Waals surface area contributed by atoms with Crippen molar-refractivity contribution in [3.8, 4) is 0 Å². The lowest BCUT2D eigenvalue weighted by Gasteiger charge is -2.42. The van der Waals surface area contributed by atoms with Gasteiger partial charge in [-0.15, -0.1) is 0 Å². The molecule has 5 nitrogen and oxygen atoms in total. The molecule has 2 aliphatic rings. The monoisotopic (exact) mass is 341 g/mol. The van der Waals surface area contributed by atoms with E-state index in [0.717, 1.165) is 48.6 Å². The van der Waals surface area contributed by atoms with E-state index in [-0.39, 0.29) is 17.9 Å². The van der Waals surface area contributed by atoms with Crippen LogP contribution in [0, 0.1) is 18.3 Å². The van der Waals surface area contributed by atoms with E-state index in [2.05, 4.69) is 4.98 Å². The van der Waals surface area contributed by atoms with Crippen molar-refractivity contribution in [2.75, 3.05) is 19.7 Å². The minimum absolute atomic E-state index is 0.0782. The lowest BCUT2D eigenvalue weighted by Crippen LogP contribution is -2.48. The number of hydrogen-bond acceptors (Lipinski definition) is 3. The number of carbonyl (C=O) groups excluding carboxylic acids is 1. The Labute approximate surface area is 148 Å². The third-order valence-corrected chi connectivity index (χ3v) is 5.91. The predicted octanol–water partition coefficient (Wildman–Crippen LogP) is 2.59. The molecule has 134 valence electrons. The van der Waals surface area contributed by atoms with Crippen molar-refractivity contribution in [2.45, 2.75) is 45.4 Å². The number of rotatable bonds is 5. The zero-order valence-electron chi connectivity index (χ0n) is 14.9. The molecule has 1 N–H and O–H groups in total. The molecule has 0 bridgehead atoms. The van der Waals surface area contributed by atoms with E-state index in [4.69, 9.17) is 0 Å². The van der Waals surface area contributed by atoms with Crippen molar-refractivity contribution in [1.82, 2.24) is 14.3 Å². The number of imidazole rings is 1. The van der Waals surface area contributed by atoms with Gasteiger partial charge in [0.25, 0.3) is 0 Å². The van der Waals surface area contributed by atoms with Gasteiger partial charge in [-0.25, -0.2) is 4.98 Å². The number of amides is 1. The summed E-state index contributed by atoms with van der Waals surface area (Å²) >= 11 is 0. The number of nitrogens with zero attached hydrogens (tertiary/aromatic N) is 3. The minimum atomic E-state index is -0.0782. The maximum Gasteiger partial charge on any atom is 0.228 e. The Bertz CT molecular complexity index is 780. The van der Waals surface area contributed by atoms with Crippen LogP contribution in [0.2, 0.25) is 0 Å². The number of piperidine rings is 1. The molecule has 4 rings (SSSR count). The standard InChI is InChI=1S/C20H27N3O2/c1-15-4-2-9-23-17(12-21-19(15)23)10-18(25)22-8-3-7-20(13-22,14-24)11-16-5-6-16/h2,4,9,12,16,24H,3,5-8,10-11,13-14H2,1H3/t20-/m0/s1. The average Bonchev–Trinajstić information content (AvgIpc) is 3.34. The molecule has 0 unspecified atom stereocenters. The van der Waals surface area contributed by atoms with E-state index in [9.17, 15) is 9.90 Å². The first-order chi connectivity index (χ1) is 12.1. The summed E-state index contributed by atoms with van der Waals surface area (Å²) in [6.45, 7) is 3.74. The van der Waals surface area contributed by atoms with E-state index in [1.165, 1.54) is 12.8 Å². The Balaban J connectivity index is 1.49. The van der Waals surface area contributed by atoms with E-state index in [0.29, 0.717) is 13.0 Å². The largest absolute Gasteiger partial charge is 0.396 e. The minimum Gasteiger partial charge on any atom is -0.396 e. The fourth-order valence-corrected chi connectivity index (χ4v) is 4.32. The number of carbonyl (C=O) groups is 1. The highest BCUT2D eigenvalue weighted by Crippen LogP contribution is 2.44. The number of hydrogen-bond donors (Lipinski definition) is 1. The quantitative estimate of drug-likeness (QED) is 0.909. The first-order valence-electron chi connectivity index (χ1n) is 9.40. The Hall–Kier alpha value is -1.88. The summed E-state index contributed by atoms with van der Waals surface area (Å²) in [7, 11) is 0. The van der Waals surface area contributed by atoms with E-state index >= 15 is 0 Å². The van der Waals surface area contributed by atoms with Gasteiger partial charge in [-0.1, -0.05) is 18.9 Å². The molecular formula is C20H27N3O2. The second-order valence-electron chi connectivity index (χ2n) is 8.04. The van der Waals surface area contributed by atoms with Gasteiger partial charge in [-0.05, 0) is 43.7 Å². The lowest BCUT2D eigenvalue weighted by atomic mass is 9.76. The summed E-state index contributed by atoms with van der Waals surface area (Å²) in [6, 6.07) is 4.03. The van der Waals surface area contributed by atoms with Crippen LogP contribution >= 0.6 is 0 Å². The highest BCUT2D eigenvalue weighted by molar-refractivity contribution is 5.79. The lowest BCUT2D eigenvalue weighted by molar-refractivity contribution is -0.135. The summed E-state index contributed by atoms with van der Waals surface area (Å²) in [5, 5.41) is 9.99. The maximum absolute atomic E-state index is 12.9. The number of fused-ring (bicyclic) bond motifs is 1. The Morgan fingerprint density at radius 1 is 1.44 bits per heavy atom. The van der Waals surface area contributed by atoms with Crippen molar-refractivity contribution in [1.29, 1.82) is 0 Å². The number of aromatic nitrogens is 2. The van der Waals surface area contributed by atoms with Gasteiger partial charge in [0.15, 0.2) is 0 Å². The smallest absolute Gasteiger partial charge is 0.228 e. The van der Waals surface area contributed by atoms with Crippen LogP contribution in [0.25, 0.3) is 5.65 Å². The molecule has 0 radical (unpaired) electrons. The number of likely N-dealkylation sites (tertiary alicyclic amines) is 1. The van der Waals surface area contributed by atoms with Crippen molar-refractivity contribution in [2.24, 2.45) is 11.3 Å². The summed E-state index contributed by atoms with van der Waals surface area (Å²) in [6.07, 6.45) is 9.84. The van der Waals surface area contributed by atoms with Gasteiger partial charge >= 0.3 is 0 Å². The molecule has 1 saturated carbocycles. The molecule has 1 atom stereocenters. The summed E-state index contributed by atoms with van der Waals surface area (Å²) in [4.78, 5) is 19.3. The topological polar surface area (TPSA) is 57.8 Å². The fourth-order valence-electron chi connectivity index (χ4n) is 4.32. The summed E-state index contributed by atoms with van der Waals surface area (Å²) in [5.41, 5.74) is 2.89. The Morgan fingerprint density at radius 2 is 2.28 bits per heavy atom. The van der Waals surface area contributed by atoms with Crippen LogP contribution in [0.5, 0.6) is 0 Å². The van der Waals surface area contributed by atoms with Crippen LogP contribution < -0.4 is 0 Å². The molecular weight excluding hydrogens is 314 g/mol. The molecule has 5 heteroatoms. The second kappa shape index (κ2) is 6.45. The van der Waals surface area contributed by atoms with Crippen molar-refractivity contribution in [3.05, 3.63) is 35.8 Å². The zero-order chi connectivity index (χ0) is 17.4. The van der Waals surface area contributed by atoms with E-state index in [1.54, 1.807) is 0 Å². The molecule has 0 spiro atoms. The van der Waals surface area contributed by atoms with Gasteiger partial charge in [-0.2, -0.15) is 0 Å². The van der Waals surface area contributed by atoms with Crippen LogP contribution in [-0.4, -0.2) is 45.0 Å². The van der Waals surface area contributed by atoms with E-state index in [1.807, 2.05) is 40.8 Å². The van der Waals surface area contributed by atoms with Gasteiger partial charge in [0, 0.05) is 30.9 Å². The van der Waals surface area contributed by atoms with Crippen molar-refractivity contribution in [3.63, 3.8) is 0 Å². The number of pyridine rings is 1. The Kier molecular flexibility index (Phi) is 4.28. The van der Waals surface area contributed by atoms with Crippen LogP contribution in [0.1, 0.15) is 43.4 Å². The predicted molar refractivity (Wildman–Crippen MR) is 96.3 cm³/mol. The van der Waals surface area contributed by atoms with E-state index < -0.39 is 0 Å². The van der Waals surface area contributed by atoms with Gasteiger partial charge in [-0.3, -0.25) is 4.79 Å². The SMILES string of the molecule is Cc1cccn2c(CC(=O)N3CCC[C@](CO)(CC4CC4)C3)cnc12. The second-order valence-corrected chi connectivity index (χ2v) is 8.04. The number of aryl methyl sites for hydroxylation is 1. The van der Waals surface area contributed by atoms with Crippen molar-refractivity contribution < 1.29 is 9.90 Å². The van der Waals surface area contributed by atoms with Crippen molar-refractivity contribution >= 4 is 11.6 Å². The number of aliphatic hydroxyl groups excluding tert-OH is 1. The fraction of sp³-hybridized carbons (Fsp3) is 0.600. The van der Waals surface area contributed by atoms with Gasteiger partial charge in [0.1, 0.15) is 5.65 Å². The first-order valence-corrected chi connectivity index (χ1v) is 9.40. The molecule has 25 heavy (non-hydrogen) atoms. The molecule has 0 aromatic carbocycles. The molecule has 1 amide bonds.